The lowest BCUT2D eigenvalue weighted by molar-refractivity contribution is -0.118. The molecule has 0 aliphatic carbocycles. The summed E-state index contributed by atoms with van der Waals surface area (Å²) >= 11 is 0. The van der Waals surface area contributed by atoms with E-state index in [0.29, 0.717) is 17.8 Å². The number of rotatable bonds is 9. The first-order valence-corrected chi connectivity index (χ1v) is 10.2. The maximum atomic E-state index is 12.1. The number of nitrogens with zero attached hydrogens (tertiary/aromatic N) is 3. The lowest BCUT2D eigenvalue weighted by Gasteiger charge is -2.05. The molecule has 2 amide bonds. The van der Waals surface area contributed by atoms with Gasteiger partial charge < -0.3 is 15.0 Å². The molecule has 2 N–H and O–H groups in total. The molecule has 0 unspecified atom stereocenters. The van der Waals surface area contributed by atoms with E-state index < -0.39 is 5.91 Å². The normalized spacial score (nSPS) is 11.2. The van der Waals surface area contributed by atoms with E-state index in [9.17, 15) is 14.7 Å². The number of carbonyl (C=O) groups excluding carboxylic acids is 2. The van der Waals surface area contributed by atoms with Crippen LogP contribution < -0.4 is 5.32 Å². The summed E-state index contributed by atoms with van der Waals surface area (Å²) in [5.74, 6) is -0.694. The molecule has 7 heteroatoms. The fourth-order valence-corrected chi connectivity index (χ4v) is 3.25. The average Bonchev–Trinajstić information content (AvgIpc) is 3.04. The van der Waals surface area contributed by atoms with Gasteiger partial charge in [0, 0.05) is 30.5 Å². The minimum Gasteiger partial charge on any atom is -0.493 e. The first kappa shape index (κ1) is 21.2. The Kier molecular flexibility index (Phi) is 7.32. The van der Waals surface area contributed by atoms with Crippen LogP contribution in [0, 0.1) is 0 Å². The minimum atomic E-state index is -0.467. The maximum absolute atomic E-state index is 12.1. The van der Waals surface area contributed by atoms with Crippen molar-refractivity contribution in [3.8, 4) is 5.88 Å². The van der Waals surface area contributed by atoms with Gasteiger partial charge in [0.2, 0.25) is 5.88 Å². The van der Waals surface area contributed by atoms with Gasteiger partial charge in [-0.15, -0.1) is 10.2 Å². The van der Waals surface area contributed by atoms with E-state index in [2.05, 4.69) is 22.5 Å². The maximum Gasteiger partial charge on any atom is 0.266 e. The molecule has 0 spiro atoms. The number of aryl methyl sites for hydroxylation is 1. The highest BCUT2D eigenvalue weighted by atomic mass is 16.3. The molecule has 0 bridgehead atoms. The standard InChI is InChI=1S/C23H26N4O3/c1-2-3-9-16-27-19-13-8-7-12-18(19)21(23(27)30)26-25-20(28)14-15-24-22(29)17-10-5-4-6-11-17/h4-8,10-13,30H,2-3,9,14-16H2,1H3,(H,24,29). The monoisotopic (exact) mass is 406 g/mol. The Hall–Kier alpha value is -3.48. The summed E-state index contributed by atoms with van der Waals surface area (Å²) in [4.78, 5) is 24.1. The number of hydrogen-bond donors (Lipinski definition) is 2. The third-order valence-corrected chi connectivity index (χ3v) is 4.82. The van der Waals surface area contributed by atoms with Gasteiger partial charge in [0.1, 0.15) is 0 Å². The van der Waals surface area contributed by atoms with Crippen molar-refractivity contribution in [1.29, 1.82) is 0 Å². The lowest BCUT2D eigenvalue weighted by atomic mass is 10.2. The van der Waals surface area contributed by atoms with Gasteiger partial charge in [0.25, 0.3) is 11.8 Å². The van der Waals surface area contributed by atoms with Crippen LogP contribution in [0.5, 0.6) is 5.88 Å². The van der Waals surface area contributed by atoms with Gasteiger partial charge in [-0.2, -0.15) is 0 Å². The molecule has 0 radical (unpaired) electrons. The summed E-state index contributed by atoms with van der Waals surface area (Å²) in [5, 5.41) is 21.9. The molecule has 0 fully saturated rings. The van der Waals surface area contributed by atoms with Crippen LogP contribution in [-0.2, 0) is 11.3 Å². The number of benzene rings is 2. The number of aromatic hydroxyl groups is 1. The van der Waals surface area contributed by atoms with Gasteiger partial charge in [-0.3, -0.25) is 9.59 Å². The Morgan fingerprint density at radius 1 is 1.03 bits per heavy atom. The van der Waals surface area contributed by atoms with Crippen molar-refractivity contribution >= 4 is 28.4 Å². The van der Waals surface area contributed by atoms with Crippen molar-refractivity contribution in [1.82, 2.24) is 9.88 Å². The van der Waals surface area contributed by atoms with Crippen molar-refractivity contribution in [2.75, 3.05) is 6.54 Å². The van der Waals surface area contributed by atoms with Crippen LogP contribution in [-0.4, -0.2) is 28.0 Å². The third-order valence-electron chi connectivity index (χ3n) is 4.82. The zero-order chi connectivity index (χ0) is 21.3. The zero-order valence-corrected chi connectivity index (χ0v) is 17.0. The number of azo groups is 1. The Balaban J connectivity index is 1.64. The number of aromatic nitrogens is 1. The molecule has 3 aromatic rings. The van der Waals surface area contributed by atoms with Gasteiger partial charge in [0.05, 0.1) is 5.52 Å². The summed E-state index contributed by atoms with van der Waals surface area (Å²) in [6, 6.07) is 16.3. The van der Waals surface area contributed by atoms with Crippen molar-refractivity contribution in [2.45, 2.75) is 39.2 Å². The van der Waals surface area contributed by atoms with Gasteiger partial charge in [-0.1, -0.05) is 56.2 Å². The fraction of sp³-hybridized carbons (Fsp3) is 0.304. The molecular weight excluding hydrogens is 380 g/mol. The summed E-state index contributed by atoms with van der Waals surface area (Å²) in [7, 11) is 0. The van der Waals surface area contributed by atoms with Crippen LogP contribution in [0.4, 0.5) is 5.69 Å². The average molecular weight is 406 g/mol. The van der Waals surface area contributed by atoms with Crippen LogP contribution in [0.25, 0.3) is 10.9 Å². The van der Waals surface area contributed by atoms with E-state index >= 15 is 0 Å². The topological polar surface area (TPSA) is 96.0 Å². The molecule has 0 saturated heterocycles. The Bertz CT molecular complexity index is 1040. The first-order valence-electron chi connectivity index (χ1n) is 10.2. The molecule has 0 atom stereocenters. The number of amides is 2. The SMILES string of the molecule is CCCCCn1c(O)c(N=NC(=O)CCNC(=O)c2ccccc2)c2ccccc21. The number of unbranched alkanes of at least 4 members (excludes halogenated alkanes) is 2. The van der Waals surface area contributed by atoms with E-state index in [1.54, 1.807) is 24.3 Å². The molecule has 3 rings (SSSR count). The number of nitrogens with one attached hydrogen (secondary N) is 1. The van der Waals surface area contributed by atoms with E-state index in [0.717, 1.165) is 30.2 Å². The van der Waals surface area contributed by atoms with Gasteiger partial charge >= 0.3 is 0 Å². The van der Waals surface area contributed by atoms with Crippen LogP contribution in [0.3, 0.4) is 0 Å². The van der Waals surface area contributed by atoms with E-state index in [1.165, 1.54) is 0 Å². The summed E-state index contributed by atoms with van der Waals surface area (Å²) in [6.07, 6.45) is 3.12. The highest BCUT2D eigenvalue weighted by Gasteiger charge is 2.16. The third kappa shape index (κ3) is 5.11. The molecule has 0 saturated carbocycles. The number of carbonyl (C=O) groups is 2. The summed E-state index contributed by atoms with van der Waals surface area (Å²) in [6.45, 7) is 2.96. The van der Waals surface area contributed by atoms with Gasteiger partial charge in [-0.25, -0.2) is 0 Å². The first-order chi connectivity index (χ1) is 14.6. The highest BCUT2D eigenvalue weighted by molar-refractivity contribution is 5.95. The number of hydrogen-bond acceptors (Lipinski definition) is 4. The highest BCUT2D eigenvalue weighted by Crippen LogP contribution is 2.39. The predicted molar refractivity (Wildman–Crippen MR) is 116 cm³/mol. The quantitative estimate of drug-likeness (QED) is 0.388. The van der Waals surface area contributed by atoms with Crippen molar-refractivity contribution in [2.24, 2.45) is 10.2 Å². The largest absolute Gasteiger partial charge is 0.493 e. The van der Waals surface area contributed by atoms with Crippen molar-refractivity contribution < 1.29 is 14.7 Å². The zero-order valence-electron chi connectivity index (χ0n) is 17.0. The second-order valence-electron chi connectivity index (χ2n) is 7.01. The molecule has 1 aromatic heterocycles. The van der Waals surface area contributed by atoms with Gasteiger partial charge in [0.15, 0.2) is 5.69 Å². The lowest BCUT2D eigenvalue weighted by Crippen LogP contribution is -2.25. The fourth-order valence-electron chi connectivity index (χ4n) is 3.25. The molecule has 7 nitrogen and oxygen atoms in total. The van der Waals surface area contributed by atoms with Crippen LogP contribution >= 0.6 is 0 Å². The molecule has 1 heterocycles. The number of fused-ring (bicyclic) bond motifs is 1. The second-order valence-corrected chi connectivity index (χ2v) is 7.01. The molecule has 2 aromatic carbocycles. The Morgan fingerprint density at radius 3 is 2.53 bits per heavy atom. The second kappa shape index (κ2) is 10.3. The molecule has 0 aliphatic rings. The minimum absolute atomic E-state index is 0.0150. The van der Waals surface area contributed by atoms with E-state index in [-0.39, 0.29) is 24.8 Å². The van der Waals surface area contributed by atoms with Crippen molar-refractivity contribution in [3.05, 3.63) is 60.2 Å². The summed E-state index contributed by atoms with van der Waals surface area (Å²) < 4.78 is 1.81. The van der Waals surface area contributed by atoms with Crippen LogP contribution in [0.1, 0.15) is 43.0 Å². The van der Waals surface area contributed by atoms with Crippen LogP contribution in [0.15, 0.2) is 64.8 Å². The van der Waals surface area contributed by atoms with Gasteiger partial charge in [-0.05, 0) is 24.6 Å². The predicted octanol–water partition coefficient (Wildman–Crippen LogP) is 4.97. The van der Waals surface area contributed by atoms with Crippen LogP contribution in [0.2, 0.25) is 0 Å². The molecular formula is C23H26N4O3. The molecule has 0 aliphatic heterocycles. The van der Waals surface area contributed by atoms with Crippen molar-refractivity contribution in [3.63, 3.8) is 0 Å². The van der Waals surface area contributed by atoms with E-state index in [1.807, 2.05) is 34.9 Å². The number of para-hydroxylation sites is 1. The van der Waals surface area contributed by atoms with E-state index in [4.69, 9.17) is 0 Å². The Morgan fingerprint density at radius 2 is 1.77 bits per heavy atom. The molecule has 156 valence electrons. The summed E-state index contributed by atoms with van der Waals surface area (Å²) in [5.41, 5.74) is 1.69. The molecule has 30 heavy (non-hydrogen) atoms. The smallest absolute Gasteiger partial charge is 0.266 e. The Labute approximate surface area is 175 Å².